The van der Waals surface area contributed by atoms with Gasteiger partial charge in [0.05, 0.1) is 0 Å². The second-order valence-corrected chi connectivity index (χ2v) is 5.62. The molecule has 8 heteroatoms. The minimum absolute atomic E-state index is 0.114. The maximum atomic E-state index is 11.0. The molecule has 8 nitrogen and oxygen atoms in total. The summed E-state index contributed by atoms with van der Waals surface area (Å²) in [4.78, 5) is 16.9. The summed E-state index contributed by atoms with van der Waals surface area (Å²) in [5.41, 5.74) is 0.481. The van der Waals surface area contributed by atoms with E-state index < -0.39 is 4.92 Å². The van der Waals surface area contributed by atoms with E-state index in [4.69, 9.17) is 0 Å². The highest BCUT2D eigenvalue weighted by molar-refractivity contribution is 5.48. The SMILES string of the molecule is CCCN1CCC(Nc2ccc3ncc([N+](=O)[O-])n3n2)CC1. The molecule has 0 spiro atoms. The van der Waals surface area contributed by atoms with Crippen molar-refractivity contribution in [2.24, 2.45) is 0 Å². The highest BCUT2D eigenvalue weighted by Gasteiger charge is 2.20. The van der Waals surface area contributed by atoms with Gasteiger partial charge in [-0.2, -0.15) is 0 Å². The Bertz CT molecular complexity index is 662. The van der Waals surface area contributed by atoms with Crippen molar-refractivity contribution in [1.29, 1.82) is 0 Å². The molecule has 0 atom stereocenters. The van der Waals surface area contributed by atoms with E-state index in [1.807, 2.05) is 6.07 Å². The van der Waals surface area contributed by atoms with Gasteiger partial charge in [-0.1, -0.05) is 16.5 Å². The van der Waals surface area contributed by atoms with Crippen LogP contribution in [0.3, 0.4) is 0 Å². The Morgan fingerprint density at radius 1 is 1.41 bits per heavy atom. The average Bonchev–Trinajstić information content (AvgIpc) is 2.93. The Hall–Kier alpha value is -2.22. The zero-order valence-corrected chi connectivity index (χ0v) is 12.6. The molecule has 1 aliphatic rings. The van der Waals surface area contributed by atoms with E-state index in [0.717, 1.165) is 32.5 Å². The molecule has 3 rings (SSSR count). The van der Waals surface area contributed by atoms with Crippen LogP contribution in [0.15, 0.2) is 18.3 Å². The fourth-order valence-electron chi connectivity index (χ4n) is 2.89. The van der Waals surface area contributed by atoms with Crippen LogP contribution < -0.4 is 5.32 Å². The highest BCUT2D eigenvalue weighted by Crippen LogP contribution is 2.18. The molecular weight excluding hydrogens is 284 g/mol. The Balaban J connectivity index is 1.69. The van der Waals surface area contributed by atoms with Crippen LogP contribution in [0.25, 0.3) is 5.65 Å². The summed E-state index contributed by atoms with van der Waals surface area (Å²) in [6.07, 6.45) is 4.54. The highest BCUT2D eigenvalue weighted by atomic mass is 16.6. The van der Waals surface area contributed by atoms with Gasteiger partial charge in [0.2, 0.25) is 5.65 Å². The number of hydrogen-bond donors (Lipinski definition) is 1. The molecule has 118 valence electrons. The number of anilines is 1. The molecule has 1 N–H and O–H groups in total. The van der Waals surface area contributed by atoms with E-state index in [-0.39, 0.29) is 5.82 Å². The number of fused-ring (bicyclic) bond motifs is 1. The predicted molar refractivity (Wildman–Crippen MR) is 83.0 cm³/mol. The second-order valence-electron chi connectivity index (χ2n) is 5.62. The predicted octanol–water partition coefficient (Wildman–Crippen LogP) is 1.92. The van der Waals surface area contributed by atoms with Gasteiger partial charge in [0.15, 0.2) is 5.82 Å². The van der Waals surface area contributed by atoms with Crippen LogP contribution >= 0.6 is 0 Å². The van der Waals surface area contributed by atoms with Gasteiger partial charge in [0.1, 0.15) is 6.20 Å². The number of hydrogen-bond acceptors (Lipinski definition) is 6. The van der Waals surface area contributed by atoms with Gasteiger partial charge in [-0.05, 0) is 36.8 Å². The van der Waals surface area contributed by atoms with Crippen LogP contribution in [0, 0.1) is 10.1 Å². The number of nitrogens with zero attached hydrogens (tertiary/aromatic N) is 5. The van der Waals surface area contributed by atoms with Gasteiger partial charge in [-0.25, -0.2) is 4.98 Å². The molecule has 3 heterocycles. The molecule has 1 saturated heterocycles. The number of piperidine rings is 1. The largest absolute Gasteiger partial charge is 0.368 e. The summed E-state index contributed by atoms with van der Waals surface area (Å²) < 4.78 is 1.27. The summed E-state index contributed by atoms with van der Waals surface area (Å²) in [5, 5.41) is 18.6. The maximum absolute atomic E-state index is 11.0. The molecule has 2 aromatic rings. The van der Waals surface area contributed by atoms with Crippen molar-refractivity contribution in [3.05, 3.63) is 28.4 Å². The van der Waals surface area contributed by atoms with Gasteiger partial charge in [0, 0.05) is 25.2 Å². The number of nitrogens with one attached hydrogen (secondary N) is 1. The molecule has 0 unspecified atom stereocenters. The minimum Gasteiger partial charge on any atom is -0.364 e. The molecule has 22 heavy (non-hydrogen) atoms. The van der Waals surface area contributed by atoms with Crippen LogP contribution in [0.5, 0.6) is 0 Å². The first-order chi connectivity index (χ1) is 10.7. The Morgan fingerprint density at radius 2 is 2.18 bits per heavy atom. The zero-order valence-electron chi connectivity index (χ0n) is 12.6. The Labute approximate surface area is 128 Å². The lowest BCUT2D eigenvalue weighted by atomic mass is 10.0. The fourth-order valence-corrected chi connectivity index (χ4v) is 2.89. The quantitative estimate of drug-likeness (QED) is 0.670. The third-order valence-electron chi connectivity index (χ3n) is 4.01. The van der Waals surface area contributed by atoms with E-state index in [2.05, 4.69) is 27.2 Å². The smallest absolute Gasteiger partial charge is 0.364 e. The number of imidazole rings is 1. The second kappa shape index (κ2) is 6.27. The molecule has 0 aliphatic carbocycles. The Morgan fingerprint density at radius 3 is 2.86 bits per heavy atom. The van der Waals surface area contributed by atoms with E-state index >= 15 is 0 Å². The van der Waals surface area contributed by atoms with E-state index in [0.29, 0.717) is 17.5 Å². The summed E-state index contributed by atoms with van der Waals surface area (Å²) >= 11 is 0. The molecule has 0 saturated carbocycles. The van der Waals surface area contributed by atoms with E-state index in [1.165, 1.54) is 17.1 Å². The Kier molecular flexibility index (Phi) is 4.19. The number of likely N-dealkylation sites (tertiary alicyclic amines) is 1. The molecule has 0 amide bonds. The van der Waals surface area contributed by atoms with Crippen LogP contribution in [0.2, 0.25) is 0 Å². The standard InChI is InChI=1S/C14H20N6O2/c1-2-7-18-8-5-11(6-9-18)16-12-3-4-13-15-10-14(20(21)22)19(13)17-12/h3-4,10-11H,2,5-9H2,1H3,(H,16,17). The first-order valence-corrected chi connectivity index (χ1v) is 7.65. The van der Waals surface area contributed by atoms with Crippen molar-refractivity contribution in [1.82, 2.24) is 19.5 Å². The lowest BCUT2D eigenvalue weighted by Crippen LogP contribution is -2.39. The number of nitro groups is 1. The topological polar surface area (TPSA) is 88.6 Å². The van der Waals surface area contributed by atoms with Gasteiger partial charge in [0.25, 0.3) is 0 Å². The summed E-state index contributed by atoms with van der Waals surface area (Å²) in [6, 6.07) is 3.93. The molecule has 0 radical (unpaired) electrons. The average molecular weight is 304 g/mol. The van der Waals surface area contributed by atoms with Gasteiger partial charge < -0.3 is 20.3 Å². The van der Waals surface area contributed by atoms with E-state index in [1.54, 1.807) is 6.07 Å². The third kappa shape index (κ3) is 3.01. The zero-order chi connectivity index (χ0) is 15.5. The maximum Gasteiger partial charge on any atom is 0.368 e. The molecule has 0 bridgehead atoms. The van der Waals surface area contributed by atoms with Crippen molar-refractivity contribution in [3.8, 4) is 0 Å². The third-order valence-corrected chi connectivity index (χ3v) is 4.01. The summed E-state index contributed by atoms with van der Waals surface area (Å²) in [6.45, 7) is 5.51. The van der Waals surface area contributed by atoms with Crippen LogP contribution in [0.1, 0.15) is 26.2 Å². The first-order valence-electron chi connectivity index (χ1n) is 7.65. The number of aromatic nitrogens is 3. The van der Waals surface area contributed by atoms with Gasteiger partial charge in [-0.15, -0.1) is 0 Å². The van der Waals surface area contributed by atoms with Crippen molar-refractivity contribution >= 4 is 17.3 Å². The monoisotopic (exact) mass is 304 g/mol. The molecular formula is C14H20N6O2. The summed E-state index contributed by atoms with van der Waals surface area (Å²) in [7, 11) is 0. The summed E-state index contributed by atoms with van der Waals surface area (Å²) in [5.74, 6) is 0.541. The first kappa shape index (κ1) is 14.7. The van der Waals surface area contributed by atoms with Crippen molar-refractivity contribution in [3.63, 3.8) is 0 Å². The lowest BCUT2D eigenvalue weighted by Gasteiger charge is -2.32. The molecule has 1 aliphatic heterocycles. The van der Waals surface area contributed by atoms with Crippen molar-refractivity contribution in [2.45, 2.75) is 32.2 Å². The van der Waals surface area contributed by atoms with Crippen LogP contribution in [-0.4, -0.2) is 50.1 Å². The normalized spacial score (nSPS) is 17.0. The van der Waals surface area contributed by atoms with Crippen LogP contribution in [-0.2, 0) is 0 Å². The molecule has 0 aromatic carbocycles. The molecule has 1 fully saturated rings. The fraction of sp³-hybridized carbons (Fsp3) is 0.571. The van der Waals surface area contributed by atoms with Crippen molar-refractivity contribution in [2.75, 3.05) is 25.0 Å². The van der Waals surface area contributed by atoms with Gasteiger partial charge in [-0.3, -0.25) is 0 Å². The minimum atomic E-state index is -0.472. The lowest BCUT2D eigenvalue weighted by molar-refractivity contribution is -0.391. The van der Waals surface area contributed by atoms with Gasteiger partial charge >= 0.3 is 5.82 Å². The van der Waals surface area contributed by atoms with E-state index in [9.17, 15) is 10.1 Å². The van der Waals surface area contributed by atoms with Crippen LogP contribution in [0.4, 0.5) is 11.6 Å². The van der Waals surface area contributed by atoms with Crippen molar-refractivity contribution < 1.29 is 4.92 Å². The molecule has 2 aromatic heterocycles. The number of rotatable bonds is 5.